The van der Waals surface area contributed by atoms with Crippen LogP contribution in [-0.2, 0) is 39.4 Å². The Hall–Kier alpha value is -4.04. The lowest BCUT2D eigenvalue weighted by atomic mass is 9.96. The number of piperidine rings is 1. The highest BCUT2D eigenvalue weighted by molar-refractivity contribution is 9.10. The Kier molecular flexibility index (Phi) is 14.7. The minimum atomic E-state index is -5.98. The van der Waals surface area contributed by atoms with E-state index in [2.05, 4.69) is 94.3 Å². The van der Waals surface area contributed by atoms with E-state index in [1.54, 1.807) is 0 Å². The summed E-state index contributed by atoms with van der Waals surface area (Å²) in [4.78, 5) is 14.6. The van der Waals surface area contributed by atoms with E-state index in [-0.39, 0.29) is 11.5 Å². The summed E-state index contributed by atoms with van der Waals surface area (Å²) in [6.45, 7) is 4.36. The lowest BCUT2D eigenvalue weighted by Crippen LogP contribution is -2.46. The number of benzene rings is 4. The van der Waals surface area contributed by atoms with Crippen LogP contribution in [-0.4, -0.2) is 105 Å². The molecule has 62 heavy (non-hydrogen) atoms. The van der Waals surface area contributed by atoms with Gasteiger partial charge < -0.3 is 10.2 Å². The first kappa shape index (κ1) is 46.0. The molecule has 4 aromatic carbocycles. The van der Waals surface area contributed by atoms with Gasteiger partial charge in [0.25, 0.3) is 19.9 Å². The summed E-state index contributed by atoms with van der Waals surface area (Å²) >= 11 is 5.00. The van der Waals surface area contributed by atoms with Crippen molar-refractivity contribution in [1.29, 1.82) is 0 Å². The molecule has 7 rings (SSSR count). The highest BCUT2D eigenvalue weighted by Gasteiger charge is 2.48. The van der Waals surface area contributed by atoms with Crippen molar-refractivity contribution in [2.24, 2.45) is 0 Å². The average Bonchev–Trinajstić information content (AvgIpc) is 3.25. The van der Waals surface area contributed by atoms with Crippen LogP contribution >= 0.6 is 27.7 Å². The SMILES string of the molecule is CN(C)CCC(CSc1ccccc1)Nc1ccc(S(=O)(=O)Nc2ncnc3c2CCN(C2CCN(Cc4ccccc4-c4ccc(Br)cc4)CC2)C3)cc1S(=O)(=O)C(F)(F)F. The number of hydrogen-bond donors (Lipinski definition) is 2. The third-order valence-electron chi connectivity index (χ3n) is 11.2. The van der Waals surface area contributed by atoms with Gasteiger partial charge in [0.1, 0.15) is 17.0 Å². The average molecular weight is 973 g/mol. The lowest BCUT2D eigenvalue weighted by Gasteiger charge is -2.40. The van der Waals surface area contributed by atoms with Crippen LogP contribution in [0.5, 0.6) is 0 Å². The molecule has 5 aromatic rings. The molecule has 0 aliphatic carbocycles. The van der Waals surface area contributed by atoms with Gasteiger partial charge in [-0.05, 0) is 119 Å². The molecule has 0 radical (unpaired) electrons. The Balaban J connectivity index is 1.04. The van der Waals surface area contributed by atoms with E-state index in [9.17, 15) is 30.0 Å². The van der Waals surface area contributed by atoms with Gasteiger partial charge in [0.05, 0.1) is 16.3 Å². The molecule has 1 atom stereocenters. The predicted octanol–water partition coefficient (Wildman–Crippen LogP) is 8.55. The molecular weight excluding hydrogens is 924 g/mol. The summed E-state index contributed by atoms with van der Waals surface area (Å²) in [5.74, 6) is 0.418. The second-order valence-electron chi connectivity index (χ2n) is 15.8. The molecule has 3 heterocycles. The van der Waals surface area contributed by atoms with Gasteiger partial charge in [0.2, 0.25) is 0 Å². The van der Waals surface area contributed by atoms with Crippen molar-refractivity contribution in [2.75, 3.05) is 56.1 Å². The maximum atomic E-state index is 14.2. The van der Waals surface area contributed by atoms with Gasteiger partial charge in [-0.25, -0.2) is 26.8 Å². The highest BCUT2D eigenvalue weighted by atomic mass is 79.9. The van der Waals surface area contributed by atoms with Gasteiger partial charge in [-0.2, -0.15) is 13.2 Å². The zero-order chi connectivity index (χ0) is 44.1. The van der Waals surface area contributed by atoms with Crippen molar-refractivity contribution >= 4 is 59.1 Å². The summed E-state index contributed by atoms with van der Waals surface area (Å²) in [7, 11) is -6.87. The maximum Gasteiger partial charge on any atom is 0.501 e. The summed E-state index contributed by atoms with van der Waals surface area (Å²) in [5.41, 5.74) is -1.10. The number of aromatic nitrogens is 2. The number of halogens is 4. The number of sulfone groups is 1. The van der Waals surface area contributed by atoms with E-state index < -0.39 is 41.2 Å². The van der Waals surface area contributed by atoms with Crippen molar-refractivity contribution in [3.63, 3.8) is 0 Å². The number of rotatable bonds is 16. The zero-order valence-corrected chi connectivity index (χ0v) is 38.4. The maximum absolute atomic E-state index is 14.2. The van der Waals surface area contributed by atoms with E-state index in [0.29, 0.717) is 61.6 Å². The Morgan fingerprint density at radius 3 is 2.32 bits per heavy atom. The second kappa shape index (κ2) is 19.8. The molecule has 0 spiro atoms. The van der Waals surface area contributed by atoms with Gasteiger partial charge in [0.15, 0.2) is 0 Å². The molecule has 1 saturated heterocycles. The number of nitrogens with zero attached hydrogens (tertiary/aromatic N) is 5. The molecule has 11 nitrogen and oxygen atoms in total. The number of alkyl halides is 3. The molecule has 1 aromatic heterocycles. The largest absolute Gasteiger partial charge is 0.501 e. The van der Waals surface area contributed by atoms with E-state index in [1.165, 1.54) is 34.8 Å². The third kappa shape index (κ3) is 11.2. The highest BCUT2D eigenvalue weighted by Crippen LogP contribution is 2.38. The Morgan fingerprint density at radius 2 is 1.61 bits per heavy atom. The van der Waals surface area contributed by atoms with Crippen LogP contribution in [0.25, 0.3) is 11.1 Å². The molecule has 18 heteroatoms. The number of sulfonamides is 1. The van der Waals surface area contributed by atoms with E-state index in [0.717, 1.165) is 54.0 Å². The topological polar surface area (TPSA) is 128 Å². The van der Waals surface area contributed by atoms with Crippen LogP contribution in [0.2, 0.25) is 0 Å². The van der Waals surface area contributed by atoms with Gasteiger partial charge >= 0.3 is 5.51 Å². The molecular formula is C44H49BrF3N7O4S3. The van der Waals surface area contributed by atoms with E-state index in [1.807, 2.05) is 49.3 Å². The molecule has 330 valence electrons. The Morgan fingerprint density at radius 1 is 0.903 bits per heavy atom. The molecule has 2 aliphatic rings. The fourth-order valence-electron chi connectivity index (χ4n) is 7.89. The molecule has 0 saturated carbocycles. The van der Waals surface area contributed by atoms with Gasteiger partial charge in [0, 0.05) is 52.4 Å². The van der Waals surface area contributed by atoms with E-state index >= 15 is 0 Å². The molecule has 0 bridgehead atoms. The molecule has 1 unspecified atom stereocenters. The van der Waals surface area contributed by atoms with Crippen LogP contribution < -0.4 is 10.0 Å². The summed E-state index contributed by atoms with van der Waals surface area (Å²) < 4.78 is 99.8. The van der Waals surface area contributed by atoms with Crippen LogP contribution in [0.3, 0.4) is 0 Å². The van der Waals surface area contributed by atoms with Crippen molar-refractivity contribution in [3.05, 3.63) is 125 Å². The standard InChI is InChI=1S/C44H49BrF3N7O4S3/c1-53(2)22-18-34(29-60-36-9-4-3-5-10-36)51-40-17-16-37(26-42(40)61(56,57)44(46,47)48)62(58,59)52-43-39-21-25-55(28-41(39)49-30-50-43)35-19-23-54(24-20-35)27-32-8-6-7-11-38(32)31-12-14-33(45)15-13-31/h3-17,26,30,34-35,51H,18-25,27-29H2,1-2H3,(H,49,50,52). The van der Waals surface area contributed by atoms with Gasteiger partial charge in [-0.3, -0.25) is 14.5 Å². The van der Waals surface area contributed by atoms with Crippen LogP contribution in [0, 0.1) is 0 Å². The number of thioether (sulfide) groups is 1. The number of hydrogen-bond acceptors (Lipinski definition) is 11. The smallest absolute Gasteiger partial charge is 0.380 e. The fourth-order valence-corrected chi connectivity index (χ4v) is 11.2. The number of nitrogens with one attached hydrogen (secondary N) is 2. The van der Waals surface area contributed by atoms with Crippen molar-refractivity contribution < 1.29 is 30.0 Å². The quantitative estimate of drug-likeness (QED) is 0.0924. The molecule has 0 amide bonds. The molecule has 1 fully saturated rings. The normalized spacial score (nSPS) is 16.2. The minimum Gasteiger partial charge on any atom is -0.380 e. The first-order chi connectivity index (χ1) is 29.6. The third-order valence-corrected chi connectivity index (χ3v) is 15.8. The Bertz CT molecular complexity index is 2550. The van der Waals surface area contributed by atoms with Crippen molar-refractivity contribution in [2.45, 2.75) is 71.1 Å². The van der Waals surface area contributed by atoms with Crippen molar-refractivity contribution in [1.82, 2.24) is 24.7 Å². The molecule has 2 aliphatic heterocycles. The summed E-state index contributed by atoms with van der Waals surface area (Å²) in [6.07, 6.45) is 4.09. The fraction of sp³-hybridized carbons (Fsp3) is 0.364. The monoisotopic (exact) mass is 971 g/mol. The second-order valence-corrected chi connectivity index (χ2v) is 21.4. The van der Waals surface area contributed by atoms with Gasteiger partial charge in [-0.1, -0.05) is 70.5 Å². The number of likely N-dealkylation sites (tertiary alicyclic amines) is 1. The predicted molar refractivity (Wildman–Crippen MR) is 242 cm³/mol. The Labute approximate surface area is 374 Å². The van der Waals surface area contributed by atoms with Crippen LogP contribution in [0.4, 0.5) is 24.7 Å². The zero-order valence-electron chi connectivity index (χ0n) is 34.4. The van der Waals surface area contributed by atoms with Crippen LogP contribution in [0.1, 0.15) is 36.1 Å². The number of fused-ring (bicyclic) bond motifs is 1. The summed E-state index contributed by atoms with van der Waals surface area (Å²) in [6, 6.07) is 28.9. The number of anilines is 2. The van der Waals surface area contributed by atoms with Crippen LogP contribution in [0.15, 0.2) is 123 Å². The van der Waals surface area contributed by atoms with E-state index in [4.69, 9.17) is 0 Å². The first-order valence-corrected chi connectivity index (χ1v) is 25.0. The van der Waals surface area contributed by atoms with Gasteiger partial charge in [-0.15, -0.1) is 11.8 Å². The molecule has 2 N–H and O–H groups in total. The van der Waals surface area contributed by atoms with Crippen molar-refractivity contribution in [3.8, 4) is 11.1 Å². The first-order valence-electron chi connectivity index (χ1n) is 20.3. The lowest BCUT2D eigenvalue weighted by molar-refractivity contribution is -0.0435. The minimum absolute atomic E-state index is 0.0121. The summed E-state index contributed by atoms with van der Waals surface area (Å²) in [5, 5.41) is 3.00.